The molecule has 80 valence electrons. The van der Waals surface area contributed by atoms with E-state index in [-0.39, 0.29) is 11.2 Å². The molecule has 0 amide bonds. The fourth-order valence-electron chi connectivity index (χ4n) is 2.61. The molecule has 2 spiro atoms. The molecule has 3 fully saturated rings. The number of rotatable bonds is 0. The lowest BCUT2D eigenvalue weighted by Gasteiger charge is -2.44. The summed E-state index contributed by atoms with van der Waals surface area (Å²) in [6.07, 6.45) is 2.53. The molecule has 0 radical (unpaired) electrons. The molecule has 3 aliphatic rings. The van der Waals surface area contributed by atoms with E-state index in [0.717, 1.165) is 26.3 Å². The van der Waals surface area contributed by atoms with Crippen molar-refractivity contribution in [2.75, 3.05) is 26.3 Å². The Balaban J connectivity index is 1.80. The second-order valence-corrected chi connectivity index (χ2v) is 5.88. The number of nitrogens with one attached hydrogen (secondary N) is 1. The summed E-state index contributed by atoms with van der Waals surface area (Å²) >= 11 is 0. The second kappa shape index (κ2) is 2.52. The average molecular weight is 197 g/mol. The maximum Gasteiger partial charge on any atom is 0.187 e. The van der Waals surface area contributed by atoms with Gasteiger partial charge >= 0.3 is 0 Å². The van der Waals surface area contributed by atoms with Gasteiger partial charge in [-0.15, -0.1) is 0 Å². The summed E-state index contributed by atoms with van der Waals surface area (Å²) in [5, 5.41) is 3.41. The van der Waals surface area contributed by atoms with Crippen molar-refractivity contribution in [1.29, 1.82) is 0 Å². The highest BCUT2D eigenvalue weighted by Gasteiger charge is 2.66. The highest BCUT2D eigenvalue weighted by Crippen LogP contribution is 2.59. The zero-order chi connectivity index (χ0) is 9.86. The van der Waals surface area contributed by atoms with E-state index in [1.165, 1.54) is 12.8 Å². The summed E-state index contributed by atoms with van der Waals surface area (Å²) in [7, 11) is 0. The van der Waals surface area contributed by atoms with E-state index in [2.05, 4.69) is 19.2 Å². The van der Waals surface area contributed by atoms with Gasteiger partial charge in [0.1, 0.15) is 0 Å². The van der Waals surface area contributed by atoms with E-state index in [0.29, 0.717) is 5.41 Å². The Morgan fingerprint density at radius 1 is 1.00 bits per heavy atom. The van der Waals surface area contributed by atoms with Crippen molar-refractivity contribution in [2.45, 2.75) is 32.5 Å². The summed E-state index contributed by atoms with van der Waals surface area (Å²) in [4.78, 5) is 0. The Hall–Kier alpha value is -0.120. The summed E-state index contributed by atoms with van der Waals surface area (Å²) < 4.78 is 12.1. The topological polar surface area (TPSA) is 30.5 Å². The first-order valence-corrected chi connectivity index (χ1v) is 5.56. The normalized spacial score (nSPS) is 36.4. The summed E-state index contributed by atoms with van der Waals surface area (Å²) in [6.45, 7) is 8.01. The van der Waals surface area contributed by atoms with Gasteiger partial charge in [0.05, 0.1) is 19.8 Å². The first kappa shape index (κ1) is 9.13. The molecule has 14 heavy (non-hydrogen) atoms. The summed E-state index contributed by atoms with van der Waals surface area (Å²) in [5.74, 6) is -0.275. The van der Waals surface area contributed by atoms with Crippen molar-refractivity contribution < 1.29 is 9.47 Å². The third-order valence-corrected chi connectivity index (χ3v) is 3.87. The SMILES string of the molecule is CC1(C)COC2(CNCC23CC3)OC1. The van der Waals surface area contributed by atoms with Crippen molar-refractivity contribution in [3.63, 3.8) is 0 Å². The maximum absolute atomic E-state index is 6.03. The summed E-state index contributed by atoms with van der Waals surface area (Å²) in [5.41, 5.74) is 0.507. The van der Waals surface area contributed by atoms with Crippen LogP contribution >= 0.6 is 0 Å². The number of hydrogen-bond acceptors (Lipinski definition) is 3. The first-order valence-electron chi connectivity index (χ1n) is 5.56. The lowest BCUT2D eigenvalue weighted by Crippen LogP contribution is -2.53. The van der Waals surface area contributed by atoms with Crippen LogP contribution in [0, 0.1) is 10.8 Å². The number of hydrogen-bond donors (Lipinski definition) is 1. The number of ether oxygens (including phenoxy) is 2. The molecule has 0 aromatic carbocycles. The quantitative estimate of drug-likeness (QED) is 0.631. The molecular formula is C11H19NO2. The lowest BCUT2D eigenvalue weighted by atomic mass is 9.91. The molecule has 1 saturated carbocycles. The largest absolute Gasteiger partial charge is 0.347 e. The monoisotopic (exact) mass is 197 g/mol. The third kappa shape index (κ3) is 1.09. The Morgan fingerprint density at radius 3 is 2.21 bits per heavy atom. The van der Waals surface area contributed by atoms with Crippen molar-refractivity contribution >= 4 is 0 Å². The van der Waals surface area contributed by atoms with Crippen molar-refractivity contribution in [2.24, 2.45) is 10.8 Å². The van der Waals surface area contributed by atoms with Gasteiger partial charge in [-0.05, 0) is 12.8 Å². The van der Waals surface area contributed by atoms with E-state index in [1.54, 1.807) is 0 Å². The van der Waals surface area contributed by atoms with E-state index in [1.807, 2.05) is 0 Å². The molecule has 0 unspecified atom stereocenters. The fraction of sp³-hybridized carbons (Fsp3) is 1.00. The Labute approximate surface area is 85.1 Å². The third-order valence-electron chi connectivity index (χ3n) is 3.87. The van der Waals surface area contributed by atoms with Crippen LogP contribution in [-0.2, 0) is 9.47 Å². The van der Waals surface area contributed by atoms with Crippen LogP contribution in [0.5, 0.6) is 0 Å². The highest BCUT2D eigenvalue weighted by atomic mass is 16.7. The van der Waals surface area contributed by atoms with Gasteiger partial charge in [0, 0.05) is 17.4 Å². The van der Waals surface area contributed by atoms with Gasteiger partial charge < -0.3 is 14.8 Å². The molecular weight excluding hydrogens is 178 g/mol. The van der Waals surface area contributed by atoms with Crippen LogP contribution < -0.4 is 5.32 Å². The van der Waals surface area contributed by atoms with Crippen LogP contribution in [-0.4, -0.2) is 32.1 Å². The van der Waals surface area contributed by atoms with Crippen molar-refractivity contribution in [3.8, 4) is 0 Å². The van der Waals surface area contributed by atoms with Gasteiger partial charge in [-0.1, -0.05) is 13.8 Å². The molecule has 0 atom stereocenters. The molecule has 1 N–H and O–H groups in total. The highest BCUT2D eigenvalue weighted by molar-refractivity contribution is 5.12. The zero-order valence-corrected chi connectivity index (χ0v) is 9.06. The van der Waals surface area contributed by atoms with Gasteiger partial charge in [-0.2, -0.15) is 0 Å². The molecule has 0 aromatic heterocycles. The van der Waals surface area contributed by atoms with E-state index in [4.69, 9.17) is 9.47 Å². The predicted octanol–water partition coefficient (Wildman–Crippen LogP) is 1.14. The van der Waals surface area contributed by atoms with E-state index < -0.39 is 0 Å². The van der Waals surface area contributed by atoms with E-state index >= 15 is 0 Å². The van der Waals surface area contributed by atoms with Crippen LogP contribution in [0.4, 0.5) is 0 Å². The van der Waals surface area contributed by atoms with E-state index in [9.17, 15) is 0 Å². The number of fused-ring (bicyclic) bond motifs is 1. The minimum atomic E-state index is -0.275. The van der Waals surface area contributed by atoms with Crippen LogP contribution in [0.15, 0.2) is 0 Å². The minimum Gasteiger partial charge on any atom is -0.347 e. The van der Waals surface area contributed by atoms with Crippen molar-refractivity contribution in [3.05, 3.63) is 0 Å². The fourth-order valence-corrected chi connectivity index (χ4v) is 2.61. The molecule has 3 nitrogen and oxygen atoms in total. The maximum atomic E-state index is 6.03. The molecule has 0 aromatic rings. The Bertz CT molecular complexity index is 248. The lowest BCUT2D eigenvalue weighted by molar-refractivity contribution is -0.312. The predicted molar refractivity (Wildman–Crippen MR) is 53.0 cm³/mol. The average Bonchev–Trinajstić information content (AvgIpc) is 2.80. The van der Waals surface area contributed by atoms with Gasteiger partial charge in [-0.3, -0.25) is 0 Å². The zero-order valence-electron chi connectivity index (χ0n) is 9.06. The van der Waals surface area contributed by atoms with Crippen molar-refractivity contribution in [1.82, 2.24) is 5.32 Å². The minimum absolute atomic E-state index is 0.184. The Morgan fingerprint density at radius 2 is 1.64 bits per heavy atom. The Kier molecular flexibility index (Phi) is 1.64. The van der Waals surface area contributed by atoms with Crippen LogP contribution in [0.25, 0.3) is 0 Å². The summed E-state index contributed by atoms with van der Waals surface area (Å²) in [6, 6.07) is 0. The standard InChI is InChI=1S/C11H19NO2/c1-9(2)7-13-11(14-8-9)6-12-5-10(11)3-4-10/h12H,3-8H2,1-2H3. The molecule has 1 aliphatic carbocycles. The molecule has 2 aliphatic heterocycles. The van der Waals surface area contributed by atoms with Gasteiger partial charge in [0.25, 0.3) is 0 Å². The van der Waals surface area contributed by atoms with Crippen LogP contribution in [0.1, 0.15) is 26.7 Å². The molecule has 0 bridgehead atoms. The van der Waals surface area contributed by atoms with Crippen LogP contribution in [0.3, 0.4) is 0 Å². The first-order chi connectivity index (χ1) is 6.58. The van der Waals surface area contributed by atoms with Crippen LogP contribution in [0.2, 0.25) is 0 Å². The smallest absolute Gasteiger partial charge is 0.187 e. The second-order valence-electron chi connectivity index (χ2n) is 5.88. The molecule has 2 heterocycles. The molecule has 2 saturated heterocycles. The van der Waals surface area contributed by atoms with Gasteiger partial charge in [0.2, 0.25) is 0 Å². The molecule has 3 heteroatoms. The van der Waals surface area contributed by atoms with Gasteiger partial charge in [0.15, 0.2) is 5.79 Å². The van der Waals surface area contributed by atoms with Gasteiger partial charge in [-0.25, -0.2) is 0 Å². The molecule has 3 rings (SSSR count).